The maximum atomic E-state index is 12.2. The summed E-state index contributed by atoms with van der Waals surface area (Å²) in [6.07, 6.45) is 0. The molecule has 1 fully saturated rings. The van der Waals surface area contributed by atoms with Gasteiger partial charge in [-0.05, 0) is 19.2 Å². The Labute approximate surface area is 102 Å². The van der Waals surface area contributed by atoms with Gasteiger partial charge >= 0.3 is 0 Å². The standard InChI is InChI=1S/C11H17N3O2S/c1-14-8-7-12-9-11(14)17(15,16)13-10-5-3-2-4-6-10/h2-6,11-13H,7-9H2,1H3. The number of nitrogens with zero attached hydrogens (tertiary/aromatic N) is 1. The molecular weight excluding hydrogens is 238 g/mol. The smallest absolute Gasteiger partial charge is 0.250 e. The molecule has 6 heteroatoms. The number of anilines is 1. The number of benzene rings is 1. The molecule has 2 rings (SSSR count). The molecule has 1 atom stereocenters. The van der Waals surface area contributed by atoms with Gasteiger partial charge in [-0.3, -0.25) is 9.62 Å². The van der Waals surface area contributed by atoms with Gasteiger partial charge in [-0.2, -0.15) is 0 Å². The summed E-state index contributed by atoms with van der Waals surface area (Å²) in [4.78, 5) is 1.85. The average Bonchev–Trinajstić information content (AvgIpc) is 2.30. The summed E-state index contributed by atoms with van der Waals surface area (Å²) >= 11 is 0. The Morgan fingerprint density at radius 2 is 2.06 bits per heavy atom. The van der Waals surface area contributed by atoms with Crippen LogP contribution < -0.4 is 10.0 Å². The van der Waals surface area contributed by atoms with Crippen molar-refractivity contribution in [3.63, 3.8) is 0 Å². The Kier molecular flexibility index (Phi) is 3.66. The number of nitrogens with one attached hydrogen (secondary N) is 2. The lowest BCUT2D eigenvalue weighted by molar-refractivity contribution is 0.256. The molecule has 0 spiro atoms. The first-order chi connectivity index (χ1) is 8.09. The molecule has 1 heterocycles. The summed E-state index contributed by atoms with van der Waals surface area (Å²) in [5, 5.41) is 2.58. The summed E-state index contributed by atoms with van der Waals surface area (Å²) in [6.45, 7) is 2.02. The second kappa shape index (κ2) is 5.03. The van der Waals surface area contributed by atoms with Crippen molar-refractivity contribution >= 4 is 15.7 Å². The minimum atomic E-state index is -3.37. The maximum Gasteiger partial charge on any atom is 0.250 e. The molecule has 1 aliphatic heterocycles. The molecule has 0 radical (unpaired) electrons. The normalized spacial score (nSPS) is 22.3. The summed E-state index contributed by atoms with van der Waals surface area (Å²) in [6, 6.07) is 8.95. The van der Waals surface area contributed by atoms with Crippen molar-refractivity contribution in [2.45, 2.75) is 5.37 Å². The predicted octanol–water partition coefficient (Wildman–Crippen LogP) is 0.289. The van der Waals surface area contributed by atoms with Gasteiger partial charge in [0.15, 0.2) is 0 Å². The molecular formula is C11H17N3O2S. The minimum Gasteiger partial charge on any atom is -0.313 e. The van der Waals surface area contributed by atoms with E-state index < -0.39 is 15.4 Å². The monoisotopic (exact) mass is 255 g/mol. The van der Waals surface area contributed by atoms with Crippen LogP contribution in [0.15, 0.2) is 30.3 Å². The number of sulfonamides is 1. The molecule has 0 aromatic heterocycles. The van der Waals surface area contributed by atoms with Crippen LogP contribution in [0.4, 0.5) is 5.69 Å². The fourth-order valence-corrected chi connectivity index (χ4v) is 3.38. The van der Waals surface area contributed by atoms with E-state index in [-0.39, 0.29) is 0 Å². The Balaban J connectivity index is 2.13. The Morgan fingerprint density at radius 3 is 2.71 bits per heavy atom. The van der Waals surface area contributed by atoms with Gasteiger partial charge < -0.3 is 5.32 Å². The number of likely N-dealkylation sites (N-methyl/N-ethyl adjacent to an activating group) is 1. The highest BCUT2D eigenvalue weighted by Gasteiger charge is 2.31. The highest BCUT2D eigenvalue weighted by atomic mass is 32.2. The van der Waals surface area contributed by atoms with E-state index in [0.29, 0.717) is 12.2 Å². The van der Waals surface area contributed by atoms with E-state index in [2.05, 4.69) is 10.0 Å². The largest absolute Gasteiger partial charge is 0.313 e. The third kappa shape index (κ3) is 2.96. The number of hydrogen-bond acceptors (Lipinski definition) is 4. The van der Waals surface area contributed by atoms with E-state index >= 15 is 0 Å². The van der Waals surface area contributed by atoms with Crippen LogP contribution in [0.1, 0.15) is 0 Å². The average molecular weight is 255 g/mol. The molecule has 94 valence electrons. The second-order valence-corrected chi connectivity index (χ2v) is 5.99. The van der Waals surface area contributed by atoms with Crippen LogP contribution in [0.2, 0.25) is 0 Å². The van der Waals surface area contributed by atoms with Crippen molar-refractivity contribution in [2.24, 2.45) is 0 Å². The molecule has 1 aromatic rings. The van der Waals surface area contributed by atoms with Gasteiger partial charge in [0.1, 0.15) is 5.37 Å². The van der Waals surface area contributed by atoms with Crippen LogP contribution >= 0.6 is 0 Å². The third-order valence-corrected chi connectivity index (χ3v) is 4.61. The SMILES string of the molecule is CN1CCNCC1S(=O)(=O)Nc1ccccc1. The van der Waals surface area contributed by atoms with E-state index in [0.717, 1.165) is 13.1 Å². The summed E-state index contributed by atoms with van der Waals surface area (Å²) in [5.74, 6) is 0. The van der Waals surface area contributed by atoms with Crippen molar-refractivity contribution in [2.75, 3.05) is 31.4 Å². The molecule has 0 amide bonds. The zero-order valence-electron chi connectivity index (χ0n) is 9.76. The van der Waals surface area contributed by atoms with Crippen LogP contribution in [0.25, 0.3) is 0 Å². The predicted molar refractivity (Wildman–Crippen MR) is 68.3 cm³/mol. The number of piperazine rings is 1. The molecule has 1 aromatic carbocycles. The molecule has 1 unspecified atom stereocenters. The first-order valence-electron chi connectivity index (χ1n) is 5.57. The van der Waals surface area contributed by atoms with Crippen molar-refractivity contribution in [1.82, 2.24) is 10.2 Å². The van der Waals surface area contributed by atoms with Crippen molar-refractivity contribution in [3.05, 3.63) is 30.3 Å². The highest BCUT2D eigenvalue weighted by Crippen LogP contribution is 2.14. The lowest BCUT2D eigenvalue weighted by Gasteiger charge is -2.32. The van der Waals surface area contributed by atoms with Gasteiger partial charge in [0.25, 0.3) is 0 Å². The minimum absolute atomic E-state index is 0.457. The van der Waals surface area contributed by atoms with Crippen LogP contribution in [-0.4, -0.2) is 45.4 Å². The van der Waals surface area contributed by atoms with Crippen LogP contribution in [-0.2, 0) is 10.0 Å². The van der Waals surface area contributed by atoms with Crippen molar-refractivity contribution in [3.8, 4) is 0 Å². The highest BCUT2D eigenvalue weighted by molar-refractivity contribution is 7.93. The van der Waals surface area contributed by atoms with E-state index in [4.69, 9.17) is 0 Å². The van der Waals surface area contributed by atoms with Crippen LogP contribution in [0.5, 0.6) is 0 Å². The number of para-hydroxylation sites is 1. The van der Waals surface area contributed by atoms with Gasteiger partial charge in [0.05, 0.1) is 0 Å². The summed E-state index contributed by atoms with van der Waals surface area (Å²) in [5.41, 5.74) is 0.603. The summed E-state index contributed by atoms with van der Waals surface area (Å²) < 4.78 is 27.0. The maximum absolute atomic E-state index is 12.2. The van der Waals surface area contributed by atoms with Gasteiger partial charge in [-0.1, -0.05) is 18.2 Å². The van der Waals surface area contributed by atoms with Gasteiger partial charge in [0, 0.05) is 25.3 Å². The summed E-state index contributed by atoms with van der Waals surface area (Å²) in [7, 11) is -1.54. The fourth-order valence-electron chi connectivity index (χ4n) is 1.87. The van der Waals surface area contributed by atoms with E-state index in [1.807, 2.05) is 18.0 Å². The first-order valence-corrected chi connectivity index (χ1v) is 7.12. The molecule has 17 heavy (non-hydrogen) atoms. The van der Waals surface area contributed by atoms with Crippen LogP contribution in [0.3, 0.4) is 0 Å². The first kappa shape index (κ1) is 12.3. The van der Waals surface area contributed by atoms with Crippen LogP contribution in [0, 0.1) is 0 Å². The topological polar surface area (TPSA) is 61.4 Å². The van der Waals surface area contributed by atoms with Gasteiger partial charge in [-0.25, -0.2) is 8.42 Å². The molecule has 5 nitrogen and oxygen atoms in total. The van der Waals surface area contributed by atoms with E-state index in [9.17, 15) is 8.42 Å². The van der Waals surface area contributed by atoms with Gasteiger partial charge in [0.2, 0.25) is 10.0 Å². The second-order valence-electron chi connectivity index (χ2n) is 4.15. The van der Waals surface area contributed by atoms with Crippen molar-refractivity contribution in [1.29, 1.82) is 0 Å². The van der Waals surface area contributed by atoms with Gasteiger partial charge in [-0.15, -0.1) is 0 Å². The van der Waals surface area contributed by atoms with E-state index in [1.165, 1.54) is 0 Å². The Hall–Kier alpha value is -1.11. The number of hydrogen-bond donors (Lipinski definition) is 2. The lowest BCUT2D eigenvalue weighted by atomic mass is 10.3. The third-order valence-electron chi connectivity index (χ3n) is 2.84. The quantitative estimate of drug-likeness (QED) is 0.815. The molecule has 1 aliphatic rings. The van der Waals surface area contributed by atoms with E-state index in [1.54, 1.807) is 24.3 Å². The molecule has 0 saturated carbocycles. The number of rotatable bonds is 3. The molecule has 0 bridgehead atoms. The Bertz CT molecular complexity index is 461. The zero-order chi connectivity index (χ0) is 12.3. The fraction of sp³-hybridized carbons (Fsp3) is 0.455. The molecule has 0 aliphatic carbocycles. The molecule has 2 N–H and O–H groups in total. The lowest BCUT2D eigenvalue weighted by Crippen LogP contribution is -2.54. The van der Waals surface area contributed by atoms with Crippen molar-refractivity contribution < 1.29 is 8.42 Å². The molecule has 1 saturated heterocycles. The Morgan fingerprint density at radius 1 is 1.35 bits per heavy atom. The zero-order valence-corrected chi connectivity index (χ0v) is 10.6.